The molecule has 1 amide bonds. The molecule has 5 N–H and O–H groups in total. The van der Waals surface area contributed by atoms with E-state index >= 15 is 0 Å². The van der Waals surface area contributed by atoms with Crippen LogP contribution in [0.3, 0.4) is 0 Å². The van der Waals surface area contributed by atoms with E-state index in [-0.39, 0.29) is 17.9 Å². The first-order chi connectivity index (χ1) is 13.4. The average molecular weight is 382 g/mol. The van der Waals surface area contributed by atoms with Crippen LogP contribution in [0.1, 0.15) is 33.2 Å². The molecular weight excluding hydrogens is 360 g/mol. The minimum absolute atomic E-state index is 0.0406. The van der Waals surface area contributed by atoms with Gasteiger partial charge >= 0.3 is 0 Å². The van der Waals surface area contributed by atoms with Crippen molar-refractivity contribution in [3.63, 3.8) is 0 Å². The first kappa shape index (κ1) is 18.8. The van der Waals surface area contributed by atoms with E-state index < -0.39 is 36.3 Å². The van der Waals surface area contributed by atoms with E-state index in [1.165, 1.54) is 0 Å². The van der Waals surface area contributed by atoms with Crippen LogP contribution in [-0.2, 0) is 0 Å². The molecule has 0 radical (unpaired) electrons. The minimum atomic E-state index is -1.30. The number of fused-ring (bicyclic) bond motifs is 3. The van der Waals surface area contributed by atoms with Crippen LogP contribution in [0.15, 0.2) is 42.5 Å². The molecule has 7 heteroatoms. The number of nitrogens with one attached hydrogen (secondary N) is 2. The summed E-state index contributed by atoms with van der Waals surface area (Å²) in [5, 5.41) is 35.6. The Morgan fingerprint density at radius 2 is 1.64 bits per heavy atom. The second kappa shape index (κ2) is 7.10. The van der Waals surface area contributed by atoms with Crippen molar-refractivity contribution in [1.29, 1.82) is 0 Å². The molecule has 7 nitrogen and oxygen atoms in total. The monoisotopic (exact) mass is 382 g/mol. The van der Waals surface area contributed by atoms with Gasteiger partial charge in [-0.25, -0.2) is 0 Å². The van der Waals surface area contributed by atoms with E-state index in [2.05, 4.69) is 10.6 Å². The fourth-order valence-corrected chi connectivity index (χ4v) is 4.01. The van der Waals surface area contributed by atoms with Crippen LogP contribution in [0.4, 0.5) is 0 Å². The fraction of sp³-hybridized carbons (Fsp3) is 0.333. The van der Waals surface area contributed by atoms with Gasteiger partial charge in [0, 0.05) is 23.7 Å². The normalized spacial score (nSPS) is 28.6. The van der Waals surface area contributed by atoms with Crippen LogP contribution in [-0.4, -0.2) is 64.0 Å². The number of aliphatic hydroxyl groups is 3. The molecule has 5 unspecified atom stereocenters. The lowest BCUT2D eigenvalue weighted by Gasteiger charge is -2.40. The molecule has 0 saturated carbocycles. The van der Waals surface area contributed by atoms with Gasteiger partial charge in [0.1, 0.15) is 6.10 Å². The summed E-state index contributed by atoms with van der Waals surface area (Å²) in [5.41, 5.74) is 2.77. The quantitative estimate of drug-likeness (QED) is 0.438. The Bertz CT molecular complexity index is 944. The summed E-state index contributed by atoms with van der Waals surface area (Å²) >= 11 is 0. The predicted molar refractivity (Wildman–Crippen MR) is 102 cm³/mol. The largest absolute Gasteiger partial charge is 0.389 e. The second-order valence-corrected chi connectivity index (χ2v) is 7.35. The highest BCUT2D eigenvalue weighted by Crippen LogP contribution is 2.38. The number of rotatable bonds is 3. The maximum Gasteiger partial charge on any atom is 0.252 e. The van der Waals surface area contributed by atoms with E-state index in [1.807, 2.05) is 18.2 Å². The molecule has 1 saturated heterocycles. The third-order valence-electron chi connectivity index (χ3n) is 5.58. The first-order valence-corrected chi connectivity index (χ1v) is 9.25. The standard InChI is InChI=1S/C21H22N2O5/c1-10-17(24)20(27)19(26)15(23-10)9-22-21(28)14-8-4-7-12-11-5-2-3-6-13(11)18(25)16(12)14/h2-8,10,15,17,19-20,23-24,26-27H,9H2,1H3,(H,22,28). The average Bonchev–Trinajstić information content (AvgIpc) is 3.01. The highest BCUT2D eigenvalue weighted by molar-refractivity contribution is 6.25. The van der Waals surface area contributed by atoms with Gasteiger partial charge in [-0.1, -0.05) is 36.4 Å². The fourth-order valence-electron chi connectivity index (χ4n) is 4.01. The minimum Gasteiger partial charge on any atom is -0.389 e. The van der Waals surface area contributed by atoms with Crippen molar-refractivity contribution in [2.24, 2.45) is 0 Å². The third-order valence-corrected chi connectivity index (χ3v) is 5.58. The second-order valence-electron chi connectivity index (χ2n) is 7.35. The number of hydrogen-bond donors (Lipinski definition) is 5. The Morgan fingerprint density at radius 3 is 2.39 bits per heavy atom. The highest BCUT2D eigenvalue weighted by atomic mass is 16.4. The zero-order valence-electron chi connectivity index (χ0n) is 15.3. The third kappa shape index (κ3) is 2.93. The molecule has 146 valence electrons. The molecule has 2 aromatic carbocycles. The molecule has 1 aliphatic carbocycles. The van der Waals surface area contributed by atoms with E-state index in [4.69, 9.17) is 0 Å². The molecule has 4 rings (SSSR count). The Hall–Kier alpha value is -2.58. The molecule has 2 aliphatic rings. The summed E-state index contributed by atoms with van der Waals surface area (Å²) in [4.78, 5) is 25.6. The molecule has 1 fully saturated rings. The summed E-state index contributed by atoms with van der Waals surface area (Å²) in [5.74, 6) is -0.611. The van der Waals surface area contributed by atoms with Crippen LogP contribution in [0, 0.1) is 0 Å². The van der Waals surface area contributed by atoms with Crippen LogP contribution in [0.5, 0.6) is 0 Å². The number of hydrogen-bond acceptors (Lipinski definition) is 6. The van der Waals surface area contributed by atoms with Crippen LogP contribution in [0.2, 0.25) is 0 Å². The molecule has 1 aliphatic heterocycles. The van der Waals surface area contributed by atoms with Crippen molar-refractivity contribution in [3.8, 4) is 11.1 Å². The summed E-state index contributed by atoms with van der Waals surface area (Å²) in [7, 11) is 0. The maximum absolute atomic E-state index is 12.8. The van der Waals surface area contributed by atoms with E-state index in [1.54, 1.807) is 31.2 Å². The summed E-state index contributed by atoms with van der Waals surface area (Å²) in [6.45, 7) is 1.73. The van der Waals surface area contributed by atoms with Gasteiger partial charge < -0.3 is 26.0 Å². The number of amides is 1. The van der Waals surface area contributed by atoms with Crippen LogP contribution >= 0.6 is 0 Å². The van der Waals surface area contributed by atoms with Gasteiger partial charge in [-0.05, 0) is 24.1 Å². The van der Waals surface area contributed by atoms with Crippen molar-refractivity contribution >= 4 is 11.7 Å². The molecule has 0 spiro atoms. The number of benzene rings is 2. The van der Waals surface area contributed by atoms with Crippen molar-refractivity contribution < 1.29 is 24.9 Å². The Labute approximate surface area is 162 Å². The number of ketones is 1. The zero-order chi connectivity index (χ0) is 20.0. The van der Waals surface area contributed by atoms with Crippen LogP contribution in [0.25, 0.3) is 11.1 Å². The predicted octanol–water partition coefficient (Wildman–Crippen LogP) is 0.0708. The van der Waals surface area contributed by atoms with Gasteiger partial charge in [0.05, 0.1) is 23.8 Å². The number of carbonyl (C=O) groups is 2. The Morgan fingerprint density at radius 1 is 0.964 bits per heavy atom. The van der Waals surface area contributed by atoms with Crippen molar-refractivity contribution in [2.45, 2.75) is 37.3 Å². The maximum atomic E-state index is 12.8. The van der Waals surface area contributed by atoms with Gasteiger partial charge in [-0.15, -0.1) is 0 Å². The lowest BCUT2D eigenvalue weighted by Crippen LogP contribution is -2.66. The van der Waals surface area contributed by atoms with Crippen molar-refractivity contribution in [1.82, 2.24) is 10.6 Å². The number of piperidine rings is 1. The number of carbonyl (C=O) groups excluding carboxylic acids is 2. The van der Waals surface area contributed by atoms with Crippen LogP contribution < -0.4 is 10.6 Å². The lowest BCUT2D eigenvalue weighted by molar-refractivity contribution is -0.109. The molecule has 1 heterocycles. The van der Waals surface area contributed by atoms with Gasteiger partial charge in [-0.3, -0.25) is 9.59 Å². The van der Waals surface area contributed by atoms with Gasteiger partial charge in [0.25, 0.3) is 5.91 Å². The molecule has 0 aromatic heterocycles. The molecule has 5 atom stereocenters. The van der Waals surface area contributed by atoms with Gasteiger partial charge in [0.2, 0.25) is 0 Å². The SMILES string of the molecule is CC1NC(CNC(=O)c2cccc3c2C(=O)c2ccccc2-3)C(O)C(O)C1O. The summed E-state index contributed by atoms with van der Waals surface area (Å²) in [6.07, 6.45) is -3.61. The molecule has 0 bridgehead atoms. The molecular formula is C21H22N2O5. The lowest BCUT2D eigenvalue weighted by atomic mass is 9.91. The Balaban J connectivity index is 1.54. The topological polar surface area (TPSA) is 119 Å². The highest BCUT2D eigenvalue weighted by Gasteiger charge is 2.40. The van der Waals surface area contributed by atoms with Gasteiger partial charge in [-0.2, -0.15) is 0 Å². The molecule has 2 aromatic rings. The van der Waals surface area contributed by atoms with Gasteiger partial charge in [0.15, 0.2) is 5.78 Å². The van der Waals surface area contributed by atoms with E-state index in [9.17, 15) is 24.9 Å². The number of aliphatic hydroxyl groups excluding tert-OH is 3. The van der Waals surface area contributed by atoms with E-state index in [0.29, 0.717) is 11.1 Å². The first-order valence-electron chi connectivity index (χ1n) is 9.25. The van der Waals surface area contributed by atoms with Crippen molar-refractivity contribution in [2.75, 3.05) is 6.54 Å². The van der Waals surface area contributed by atoms with E-state index in [0.717, 1.165) is 11.1 Å². The van der Waals surface area contributed by atoms with Crippen molar-refractivity contribution in [3.05, 3.63) is 59.2 Å². The smallest absolute Gasteiger partial charge is 0.252 e. The summed E-state index contributed by atoms with van der Waals surface area (Å²) < 4.78 is 0. The Kier molecular flexibility index (Phi) is 4.76. The zero-order valence-corrected chi connectivity index (χ0v) is 15.3. The molecule has 28 heavy (non-hydrogen) atoms. The summed E-state index contributed by atoms with van der Waals surface area (Å²) in [6, 6.07) is 11.3.